The van der Waals surface area contributed by atoms with Crippen molar-refractivity contribution in [3.63, 3.8) is 0 Å². The van der Waals surface area contributed by atoms with Crippen LogP contribution in [0.4, 0.5) is 0 Å². The van der Waals surface area contributed by atoms with Gasteiger partial charge in [0.15, 0.2) is 0 Å². The number of carbonyl (C=O) groups is 1. The molecule has 1 saturated heterocycles. The van der Waals surface area contributed by atoms with Crippen molar-refractivity contribution in [1.29, 1.82) is 0 Å². The van der Waals surface area contributed by atoms with Gasteiger partial charge in [0.2, 0.25) is 10.0 Å². The molecule has 1 heterocycles. The Morgan fingerprint density at radius 2 is 2.17 bits per heavy atom. The molecule has 6 nitrogen and oxygen atoms in total. The van der Waals surface area contributed by atoms with Crippen molar-refractivity contribution in [2.24, 2.45) is 11.3 Å². The number of aliphatic carboxylic acids is 1. The quantitative estimate of drug-likeness (QED) is 0.876. The van der Waals surface area contributed by atoms with E-state index in [2.05, 4.69) is 0 Å². The molecular formula is C16H20ClNO5S. The molecule has 0 bridgehead atoms. The van der Waals surface area contributed by atoms with Gasteiger partial charge >= 0.3 is 5.97 Å². The first-order valence-electron chi connectivity index (χ1n) is 7.80. The van der Waals surface area contributed by atoms with Crippen molar-refractivity contribution < 1.29 is 23.1 Å². The molecule has 0 spiro atoms. The van der Waals surface area contributed by atoms with E-state index in [4.69, 9.17) is 16.3 Å². The molecule has 1 aromatic carbocycles. The number of ether oxygens (including phenoxy) is 1. The van der Waals surface area contributed by atoms with Crippen LogP contribution < -0.4 is 4.74 Å². The largest absolute Gasteiger partial charge is 0.495 e. The highest BCUT2D eigenvalue weighted by Crippen LogP contribution is 2.50. The van der Waals surface area contributed by atoms with E-state index in [9.17, 15) is 18.3 Å². The molecule has 1 aliphatic heterocycles. The van der Waals surface area contributed by atoms with Gasteiger partial charge in [0.25, 0.3) is 0 Å². The molecule has 1 aliphatic carbocycles. The molecule has 2 aliphatic rings. The van der Waals surface area contributed by atoms with Crippen molar-refractivity contribution in [2.75, 3.05) is 20.2 Å². The fourth-order valence-corrected chi connectivity index (χ4v) is 6.08. The molecule has 1 N–H and O–H groups in total. The summed E-state index contributed by atoms with van der Waals surface area (Å²) in [6.45, 7) is 1.95. The second-order valence-electron chi connectivity index (χ2n) is 6.60. The van der Waals surface area contributed by atoms with Crippen LogP contribution in [0.2, 0.25) is 5.02 Å². The minimum Gasteiger partial charge on any atom is -0.495 e. The van der Waals surface area contributed by atoms with Gasteiger partial charge in [0.05, 0.1) is 22.4 Å². The first-order chi connectivity index (χ1) is 11.2. The lowest BCUT2D eigenvalue weighted by atomic mass is 9.81. The summed E-state index contributed by atoms with van der Waals surface area (Å²) < 4.78 is 32.5. The summed E-state index contributed by atoms with van der Waals surface area (Å²) in [7, 11) is -2.34. The Kier molecular flexibility index (Phi) is 4.30. The van der Waals surface area contributed by atoms with E-state index >= 15 is 0 Å². The van der Waals surface area contributed by atoms with E-state index in [1.807, 2.05) is 0 Å². The first kappa shape index (κ1) is 17.5. The van der Waals surface area contributed by atoms with Crippen LogP contribution in [0.25, 0.3) is 0 Å². The van der Waals surface area contributed by atoms with E-state index in [0.29, 0.717) is 17.7 Å². The standard InChI is InChI=1S/C16H20ClNO5S/c1-10-6-13(23-2)12(17)7-14(10)24(21,22)18-8-11-4-3-5-16(11,9-18)15(19)20/h6-7,11H,3-5,8-9H2,1-2H3,(H,19,20)/t11-,16+/m0/s1. The second kappa shape index (κ2) is 5.89. The number of benzene rings is 1. The van der Waals surface area contributed by atoms with Crippen LogP contribution >= 0.6 is 11.6 Å². The lowest BCUT2D eigenvalue weighted by molar-refractivity contribution is -0.149. The number of fused-ring (bicyclic) bond motifs is 1. The Morgan fingerprint density at radius 1 is 1.46 bits per heavy atom. The topological polar surface area (TPSA) is 83.9 Å². The maximum absolute atomic E-state index is 13.0. The predicted octanol–water partition coefficient (Wildman–Crippen LogP) is 2.53. The molecule has 1 saturated carbocycles. The third-order valence-electron chi connectivity index (χ3n) is 5.33. The number of carboxylic acids is 1. The van der Waals surface area contributed by atoms with Crippen molar-refractivity contribution in [3.8, 4) is 5.75 Å². The van der Waals surface area contributed by atoms with E-state index in [1.165, 1.54) is 17.5 Å². The summed E-state index contributed by atoms with van der Waals surface area (Å²) in [6.07, 6.45) is 2.11. The molecule has 132 valence electrons. The van der Waals surface area contributed by atoms with Crippen LogP contribution in [0.1, 0.15) is 24.8 Å². The maximum Gasteiger partial charge on any atom is 0.311 e. The van der Waals surface area contributed by atoms with Crippen LogP contribution in [0.15, 0.2) is 17.0 Å². The Balaban J connectivity index is 1.99. The lowest BCUT2D eigenvalue weighted by Gasteiger charge is -2.23. The first-order valence-corrected chi connectivity index (χ1v) is 9.62. The average Bonchev–Trinajstić information content (AvgIpc) is 3.07. The van der Waals surface area contributed by atoms with Crippen molar-refractivity contribution in [1.82, 2.24) is 4.31 Å². The minimum absolute atomic E-state index is 0.0262. The summed E-state index contributed by atoms with van der Waals surface area (Å²) in [6, 6.07) is 2.96. The predicted molar refractivity (Wildman–Crippen MR) is 88.9 cm³/mol. The zero-order chi connectivity index (χ0) is 17.7. The molecule has 3 rings (SSSR count). The van der Waals surface area contributed by atoms with Gasteiger partial charge in [-0.05, 0) is 43.4 Å². The molecule has 0 amide bonds. The molecule has 0 unspecified atom stereocenters. The van der Waals surface area contributed by atoms with Crippen molar-refractivity contribution in [2.45, 2.75) is 31.1 Å². The molecule has 0 radical (unpaired) electrons. The van der Waals surface area contributed by atoms with Crippen molar-refractivity contribution in [3.05, 3.63) is 22.7 Å². The Morgan fingerprint density at radius 3 is 2.75 bits per heavy atom. The van der Waals surface area contributed by atoms with Crippen LogP contribution in [0.3, 0.4) is 0 Å². The number of sulfonamides is 1. The molecule has 24 heavy (non-hydrogen) atoms. The number of hydrogen-bond donors (Lipinski definition) is 1. The smallest absolute Gasteiger partial charge is 0.311 e. The van der Waals surface area contributed by atoms with Gasteiger partial charge in [-0.15, -0.1) is 0 Å². The highest BCUT2D eigenvalue weighted by molar-refractivity contribution is 7.89. The SMILES string of the molecule is COc1cc(C)c(S(=O)(=O)N2C[C@@H]3CCC[C@@]3(C(=O)O)C2)cc1Cl. The van der Waals surface area contributed by atoms with E-state index in [-0.39, 0.29) is 28.9 Å². The zero-order valence-electron chi connectivity index (χ0n) is 13.6. The number of aryl methyl sites for hydroxylation is 1. The highest BCUT2D eigenvalue weighted by Gasteiger charge is 2.57. The fraction of sp³-hybridized carbons (Fsp3) is 0.562. The molecule has 1 aromatic rings. The van der Waals surface area contributed by atoms with Crippen LogP contribution in [-0.4, -0.2) is 44.0 Å². The van der Waals surface area contributed by atoms with Gasteiger partial charge in [-0.25, -0.2) is 8.42 Å². The van der Waals surface area contributed by atoms with E-state index in [0.717, 1.165) is 12.8 Å². The lowest BCUT2D eigenvalue weighted by Crippen LogP contribution is -2.37. The maximum atomic E-state index is 13.0. The Hall–Kier alpha value is -1.31. The van der Waals surface area contributed by atoms with Crippen LogP contribution in [0.5, 0.6) is 5.75 Å². The number of halogens is 1. The van der Waals surface area contributed by atoms with Gasteiger partial charge in [-0.2, -0.15) is 4.31 Å². The summed E-state index contributed by atoms with van der Waals surface area (Å²) in [4.78, 5) is 11.9. The third-order valence-corrected chi connectivity index (χ3v) is 7.58. The van der Waals surface area contributed by atoms with Gasteiger partial charge < -0.3 is 9.84 Å². The molecular weight excluding hydrogens is 354 g/mol. The molecule has 0 aromatic heterocycles. The number of hydrogen-bond acceptors (Lipinski definition) is 4. The normalized spacial score (nSPS) is 27.2. The summed E-state index contributed by atoms with van der Waals surface area (Å²) in [5.41, 5.74) is -0.422. The minimum atomic E-state index is -3.80. The molecule has 8 heteroatoms. The summed E-state index contributed by atoms with van der Waals surface area (Å²) in [5.74, 6) is -0.612. The number of methoxy groups -OCH3 is 1. The van der Waals surface area contributed by atoms with E-state index in [1.54, 1.807) is 13.0 Å². The number of rotatable bonds is 4. The Bertz CT molecular complexity index is 794. The molecule has 2 atom stereocenters. The Labute approximate surface area is 146 Å². The average molecular weight is 374 g/mol. The number of nitrogens with zero attached hydrogens (tertiary/aromatic N) is 1. The summed E-state index contributed by atoms with van der Waals surface area (Å²) >= 11 is 6.09. The van der Waals surface area contributed by atoms with Gasteiger partial charge in [-0.3, -0.25) is 4.79 Å². The second-order valence-corrected chi connectivity index (χ2v) is 8.91. The van der Waals surface area contributed by atoms with Crippen molar-refractivity contribution >= 4 is 27.6 Å². The van der Waals surface area contributed by atoms with Gasteiger partial charge in [0.1, 0.15) is 5.75 Å². The zero-order valence-corrected chi connectivity index (χ0v) is 15.2. The molecule has 2 fully saturated rings. The fourth-order valence-electron chi connectivity index (χ4n) is 3.99. The van der Waals surface area contributed by atoms with Gasteiger partial charge in [0, 0.05) is 13.1 Å². The highest BCUT2D eigenvalue weighted by atomic mass is 35.5. The number of carboxylic acid groups (broad SMARTS) is 1. The third kappa shape index (κ3) is 2.50. The van der Waals surface area contributed by atoms with Crippen LogP contribution in [-0.2, 0) is 14.8 Å². The van der Waals surface area contributed by atoms with Crippen LogP contribution in [0, 0.1) is 18.3 Å². The monoisotopic (exact) mass is 373 g/mol. The van der Waals surface area contributed by atoms with E-state index < -0.39 is 21.4 Å². The summed E-state index contributed by atoms with van der Waals surface area (Å²) in [5, 5.41) is 9.85. The van der Waals surface area contributed by atoms with Gasteiger partial charge in [-0.1, -0.05) is 18.0 Å².